The zero-order valence-electron chi connectivity index (χ0n) is 9.15. The summed E-state index contributed by atoms with van der Waals surface area (Å²) < 4.78 is 10.9. The number of nitrogens with two attached hydrogens (primary N) is 1. The maximum absolute atomic E-state index is 11.5. The molecule has 0 aromatic rings. The van der Waals surface area contributed by atoms with Crippen molar-refractivity contribution in [2.45, 2.75) is 50.9 Å². The average Bonchev–Trinajstić information content (AvgIpc) is 2.65. The van der Waals surface area contributed by atoms with Crippen LogP contribution in [0.15, 0.2) is 0 Å². The van der Waals surface area contributed by atoms with Crippen molar-refractivity contribution in [2.75, 3.05) is 6.61 Å². The van der Waals surface area contributed by atoms with Crippen molar-refractivity contribution in [3.05, 3.63) is 0 Å². The lowest BCUT2D eigenvalue weighted by molar-refractivity contribution is -0.156. The maximum atomic E-state index is 11.5. The van der Waals surface area contributed by atoms with E-state index in [9.17, 15) is 4.79 Å². The van der Waals surface area contributed by atoms with Crippen LogP contribution in [-0.2, 0) is 14.3 Å². The molecule has 2 fully saturated rings. The predicted molar refractivity (Wildman–Crippen MR) is 55.2 cm³/mol. The van der Waals surface area contributed by atoms with Crippen molar-refractivity contribution < 1.29 is 14.3 Å². The van der Waals surface area contributed by atoms with Crippen LogP contribution < -0.4 is 5.73 Å². The average molecular weight is 213 g/mol. The number of hydrogen-bond donors (Lipinski definition) is 1. The number of carbonyl (C=O) groups excluding carboxylic acids is 1. The van der Waals surface area contributed by atoms with Gasteiger partial charge in [0, 0.05) is 6.61 Å². The fourth-order valence-corrected chi connectivity index (χ4v) is 2.54. The molecule has 0 aromatic heterocycles. The fraction of sp³-hybridized carbons (Fsp3) is 0.909. The minimum absolute atomic E-state index is 0.0826. The lowest BCUT2D eigenvalue weighted by Crippen LogP contribution is -2.37. The van der Waals surface area contributed by atoms with Gasteiger partial charge in [0.2, 0.25) is 0 Å². The fourth-order valence-electron chi connectivity index (χ4n) is 2.54. The second-order valence-electron chi connectivity index (χ2n) is 4.56. The molecule has 2 heterocycles. The van der Waals surface area contributed by atoms with Crippen LogP contribution in [0.3, 0.4) is 0 Å². The van der Waals surface area contributed by atoms with Crippen LogP contribution in [0.25, 0.3) is 0 Å². The summed E-state index contributed by atoms with van der Waals surface area (Å²) in [6, 6.07) is -0.453. The number of ether oxygens (including phenoxy) is 2. The molecule has 0 bridgehead atoms. The van der Waals surface area contributed by atoms with E-state index in [0.717, 1.165) is 32.3 Å². The van der Waals surface area contributed by atoms with Gasteiger partial charge in [-0.15, -0.1) is 0 Å². The molecule has 0 spiro atoms. The SMILES string of the molecule is CC1OC(=O)C(N)CCCC2CCOC21. The Morgan fingerprint density at radius 3 is 2.93 bits per heavy atom. The summed E-state index contributed by atoms with van der Waals surface area (Å²) in [6.07, 6.45) is 3.83. The zero-order valence-corrected chi connectivity index (χ0v) is 9.15. The molecule has 4 unspecified atom stereocenters. The van der Waals surface area contributed by atoms with Crippen LogP contribution in [0.1, 0.15) is 32.6 Å². The molecule has 2 aliphatic rings. The topological polar surface area (TPSA) is 61.5 Å². The van der Waals surface area contributed by atoms with Gasteiger partial charge in [-0.05, 0) is 32.1 Å². The van der Waals surface area contributed by atoms with Gasteiger partial charge in [-0.3, -0.25) is 4.79 Å². The Kier molecular flexibility index (Phi) is 3.26. The Balaban J connectivity index is 2.06. The second-order valence-corrected chi connectivity index (χ2v) is 4.56. The van der Waals surface area contributed by atoms with Crippen LogP contribution in [0.2, 0.25) is 0 Å². The third-order valence-corrected chi connectivity index (χ3v) is 3.42. The lowest BCUT2D eigenvalue weighted by Gasteiger charge is -2.23. The molecule has 0 aromatic carbocycles. The van der Waals surface area contributed by atoms with E-state index in [1.54, 1.807) is 0 Å². The molecule has 2 N–H and O–H groups in total. The highest BCUT2D eigenvalue weighted by Crippen LogP contribution is 2.30. The molecule has 2 saturated heterocycles. The number of carbonyl (C=O) groups is 1. The Hall–Kier alpha value is -0.610. The van der Waals surface area contributed by atoms with E-state index in [4.69, 9.17) is 15.2 Å². The Morgan fingerprint density at radius 2 is 2.13 bits per heavy atom. The maximum Gasteiger partial charge on any atom is 0.323 e. The molecule has 0 amide bonds. The van der Waals surface area contributed by atoms with E-state index in [-0.39, 0.29) is 18.2 Å². The van der Waals surface area contributed by atoms with Crippen molar-refractivity contribution in [3.63, 3.8) is 0 Å². The first kappa shape index (κ1) is 10.9. The summed E-state index contributed by atoms with van der Waals surface area (Å²) in [5.41, 5.74) is 5.71. The number of cyclic esters (lactones) is 1. The molecule has 4 heteroatoms. The molecule has 0 radical (unpaired) electrons. The molecular formula is C11H19NO3. The highest BCUT2D eigenvalue weighted by atomic mass is 16.6. The third kappa shape index (κ3) is 2.32. The first-order valence-electron chi connectivity index (χ1n) is 5.76. The molecule has 0 saturated carbocycles. The van der Waals surface area contributed by atoms with Crippen LogP contribution in [0.5, 0.6) is 0 Å². The molecule has 86 valence electrons. The predicted octanol–water partition coefficient (Wildman–Crippen LogP) is 0.834. The van der Waals surface area contributed by atoms with E-state index in [2.05, 4.69) is 0 Å². The van der Waals surface area contributed by atoms with Crippen LogP contribution in [0, 0.1) is 5.92 Å². The van der Waals surface area contributed by atoms with Gasteiger partial charge in [0.25, 0.3) is 0 Å². The standard InChI is InChI=1S/C11H19NO3/c1-7-10-8(5-6-14-10)3-2-4-9(12)11(13)15-7/h7-10H,2-6,12H2,1H3. The van der Waals surface area contributed by atoms with E-state index >= 15 is 0 Å². The van der Waals surface area contributed by atoms with Crippen molar-refractivity contribution in [1.29, 1.82) is 0 Å². The van der Waals surface area contributed by atoms with E-state index in [1.807, 2.05) is 6.92 Å². The minimum atomic E-state index is -0.453. The van der Waals surface area contributed by atoms with E-state index in [0.29, 0.717) is 5.92 Å². The normalized spacial score (nSPS) is 42.4. The molecule has 2 rings (SSSR count). The van der Waals surface area contributed by atoms with Gasteiger partial charge >= 0.3 is 5.97 Å². The molecular weight excluding hydrogens is 194 g/mol. The van der Waals surface area contributed by atoms with Gasteiger partial charge in [0.05, 0.1) is 6.10 Å². The lowest BCUT2D eigenvalue weighted by atomic mass is 9.92. The van der Waals surface area contributed by atoms with Gasteiger partial charge in [0.1, 0.15) is 12.1 Å². The van der Waals surface area contributed by atoms with Gasteiger partial charge in [-0.2, -0.15) is 0 Å². The third-order valence-electron chi connectivity index (χ3n) is 3.42. The quantitative estimate of drug-likeness (QED) is 0.605. The van der Waals surface area contributed by atoms with Crippen LogP contribution >= 0.6 is 0 Å². The van der Waals surface area contributed by atoms with Crippen molar-refractivity contribution in [2.24, 2.45) is 11.7 Å². The number of hydrogen-bond acceptors (Lipinski definition) is 4. The first-order chi connectivity index (χ1) is 7.18. The molecule has 15 heavy (non-hydrogen) atoms. The van der Waals surface area contributed by atoms with E-state index in [1.165, 1.54) is 0 Å². The first-order valence-corrected chi connectivity index (χ1v) is 5.76. The Labute approximate surface area is 90.1 Å². The minimum Gasteiger partial charge on any atom is -0.459 e. The highest BCUT2D eigenvalue weighted by molar-refractivity contribution is 5.75. The Bertz CT molecular complexity index is 244. The van der Waals surface area contributed by atoms with Crippen LogP contribution in [0.4, 0.5) is 0 Å². The summed E-state index contributed by atoms with van der Waals surface area (Å²) >= 11 is 0. The smallest absolute Gasteiger partial charge is 0.323 e. The number of fused-ring (bicyclic) bond motifs is 1. The van der Waals surface area contributed by atoms with Crippen molar-refractivity contribution >= 4 is 5.97 Å². The summed E-state index contributed by atoms with van der Waals surface area (Å²) in [4.78, 5) is 11.5. The van der Waals surface area contributed by atoms with Gasteiger partial charge in [0.15, 0.2) is 0 Å². The molecule has 4 atom stereocenters. The zero-order chi connectivity index (χ0) is 10.8. The summed E-state index contributed by atoms with van der Waals surface area (Å²) in [7, 11) is 0. The summed E-state index contributed by atoms with van der Waals surface area (Å²) in [6.45, 7) is 2.70. The second kappa shape index (κ2) is 4.49. The van der Waals surface area contributed by atoms with Gasteiger partial charge in [-0.25, -0.2) is 0 Å². The van der Waals surface area contributed by atoms with Gasteiger partial charge < -0.3 is 15.2 Å². The number of esters is 1. The van der Waals surface area contributed by atoms with Crippen molar-refractivity contribution in [1.82, 2.24) is 0 Å². The highest BCUT2D eigenvalue weighted by Gasteiger charge is 2.36. The van der Waals surface area contributed by atoms with E-state index < -0.39 is 6.04 Å². The largest absolute Gasteiger partial charge is 0.459 e. The Morgan fingerprint density at radius 1 is 1.33 bits per heavy atom. The summed E-state index contributed by atoms with van der Waals surface area (Å²) in [5, 5.41) is 0. The van der Waals surface area contributed by atoms with Crippen LogP contribution in [-0.4, -0.2) is 30.8 Å². The van der Waals surface area contributed by atoms with Crippen molar-refractivity contribution in [3.8, 4) is 0 Å². The molecule has 4 nitrogen and oxygen atoms in total. The summed E-state index contributed by atoms with van der Waals surface area (Å²) in [5.74, 6) is 0.261. The molecule has 0 aliphatic carbocycles. The van der Waals surface area contributed by atoms with Gasteiger partial charge in [-0.1, -0.05) is 6.42 Å². The molecule has 2 aliphatic heterocycles. The monoisotopic (exact) mass is 213 g/mol. The number of rotatable bonds is 0.